The largest absolute Gasteiger partial charge is 0.324 e. The first-order valence-corrected chi connectivity index (χ1v) is 9.27. The quantitative estimate of drug-likeness (QED) is 0.647. The van der Waals surface area contributed by atoms with Crippen LogP contribution in [-0.2, 0) is 5.66 Å². The van der Waals surface area contributed by atoms with E-state index >= 15 is 0 Å². The van der Waals surface area contributed by atoms with Gasteiger partial charge in [0.2, 0.25) is 0 Å². The molecule has 0 saturated heterocycles. The number of rotatable bonds is 3. The molecule has 0 fully saturated rings. The summed E-state index contributed by atoms with van der Waals surface area (Å²) in [5.41, 5.74) is 2.45. The molecule has 1 N–H and O–H groups in total. The van der Waals surface area contributed by atoms with Crippen LogP contribution in [-0.4, -0.2) is 11.7 Å². The highest BCUT2D eigenvalue weighted by atomic mass is 79.9. The second-order valence-electron chi connectivity index (χ2n) is 6.31. The average molecular weight is 404 g/mol. The third kappa shape index (κ3) is 3.33. The maximum absolute atomic E-state index is 4.96. The van der Waals surface area contributed by atoms with E-state index in [1.807, 2.05) is 55.5 Å². The van der Waals surface area contributed by atoms with Crippen molar-refractivity contribution in [3.8, 4) is 0 Å². The van der Waals surface area contributed by atoms with Crippen LogP contribution in [0.4, 0.5) is 0 Å². The van der Waals surface area contributed by atoms with Crippen LogP contribution in [0.3, 0.4) is 0 Å². The highest BCUT2D eigenvalue weighted by Gasteiger charge is 2.31. The van der Waals surface area contributed by atoms with Gasteiger partial charge in [-0.2, -0.15) is 0 Å². The molecule has 0 spiro atoms. The summed E-state index contributed by atoms with van der Waals surface area (Å²) in [6, 6.07) is 28.5. The van der Waals surface area contributed by atoms with Gasteiger partial charge in [-0.05, 0) is 19.1 Å². The third-order valence-corrected chi connectivity index (χ3v) is 4.91. The van der Waals surface area contributed by atoms with E-state index < -0.39 is 5.66 Å². The van der Waals surface area contributed by atoms with E-state index in [9.17, 15) is 0 Å². The molecule has 3 nitrogen and oxygen atoms in total. The van der Waals surface area contributed by atoms with Crippen LogP contribution in [0.25, 0.3) is 0 Å². The van der Waals surface area contributed by atoms with Crippen molar-refractivity contribution in [1.29, 1.82) is 0 Å². The first kappa shape index (κ1) is 16.7. The number of hydrogen-bond acceptors (Lipinski definition) is 3. The minimum absolute atomic E-state index is 0.680. The lowest BCUT2D eigenvalue weighted by Crippen LogP contribution is -2.40. The lowest BCUT2D eigenvalue weighted by atomic mass is 10.0. The predicted octanol–water partition coefficient (Wildman–Crippen LogP) is 5.12. The first-order chi connectivity index (χ1) is 12.6. The molecule has 0 bridgehead atoms. The third-order valence-electron chi connectivity index (χ3n) is 4.38. The molecule has 4 rings (SSSR count). The van der Waals surface area contributed by atoms with Crippen LogP contribution < -0.4 is 5.32 Å². The molecule has 26 heavy (non-hydrogen) atoms. The van der Waals surface area contributed by atoms with Crippen molar-refractivity contribution in [2.24, 2.45) is 9.98 Å². The van der Waals surface area contributed by atoms with E-state index in [2.05, 4.69) is 57.6 Å². The van der Waals surface area contributed by atoms with Gasteiger partial charge in [0, 0.05) is 21.2 Å². The maximum Gasteiger partial charge on any atom is 0.177 e. The smallest absolute Gasteiger partial charge is 0.177 e. The summed E-state index contributed by atoms with van der Waals surface area (Å²) in [4.78, 5) is 9.92. The van der Waals surface area contributed by atoms with E-state index in [1.165, 1.54) is 0 Å². The maximum atomic E-state index is 4.96. The SMILES string of the molecule is CC1(c2ccccc2)N=C(c2ccccc2)NC(c2ccc(Br)cc2)=N1. The Morgan fingerprint density at radius 3 is 1.77 bits per heavy atom. The summed E-state index contributed by atoms with van der Waals surface area (Å²) in [6.07, 6.45) is 0. The molecule has 1 heterocycles. The normalized spacial score (nSPS) is 19.3. The Kier molecular flexibility index (Phi) is 4.43. The monoisotopic (exact) mass is 403 g/mol. The fraction of sp³-hybridized carbons (Fsp3) is 0.0909. The van der Waals surface area contributed by atoms with Crippen molar-refractivity contribution in [2.75, 3.05) is 0 Å². The van der Waals surface area contributed by atoms with E-state index in [0.29, 0.717) is 0 Å². The number of amidine groups is 2. The van der Waals surface area contributed by atoms with Crippen molar-refractivity contribution < 1.29 is 0 Å². The Morgan fingerprint density at radius 1 is 0.692 bits per heavy atom. The second kappa shape index (κ2) is 6.89. The standard InChI is InChI=1S/C22H18BrN3/c1-22(18-10-6-3-7-11-18)25-20(16-8-4-2-5-9-16)24-21(26-22)17-12-14-19(23)15-13-17/h2-15H,1H3,(H,24,25,26). The minimum atomic E-state index is -0.680. The van der Waals surface area contributed by atoms with Gasteiger partial charge in [0.05, 0.1) is 0 Å². The van der Waals surface area contributed by atoms with Crippen LogP contribution in [0.5, 0.6) is 0 Å². The van der Waals surface area contributed by atoms with Gasteiger partial charge >= 0.3 is 0 Å². The Bertz CT molecular complexity index is 963. The van der Waals surface area contributed by atoms with Gasteiger partial charge in [-0.15, -0.1) is 0 Å². The van der Waals surface area contributed by atoms with Crippen LogP contribution in [0.1, 0.15) is 23.6 Å². The highest BCUT2D eigenvalue weighted by Crippen LogP contribution is 2.30. The number of nitrogens with zero attached hydrogens (tertiary/aromatic N) is 2. The van der Waals surface area contributed by atoms with Crippen molar-refractivity contribution in [1.82, 2.24) is 5.32 Å². The molecule has 3 aromatic rings. The number of halogens is 1. The molecule has 0 amide bonds. The number of hydrogen-bond donors (Lipinski definition) is 1. The molecular weight excluding hydrogens is 386 g/mol. The Labute approximate surface area is 161 Å². The molecule has 0 radical (unpaired) electrons. The first-order valence-electron chi connectivity index (χ1n) is 8.48. The zero-order chi connectivity index (χ0) is 18.0. The summed E-state index contributed by atoms with van der Waals surface area (Å²) >= 11 is 3.49. The van der Waals surface area contributed by atoms with Crippen molar-refractivity contribution >= 4 is 27.6 Å². The van der Waals surface area contributed by atoms with E-state index in [1.54, 1.807) is 0 Å². The molecule has 1 aliphatic rings. The van der Waals surface area contributed by atoms with E-state index in [-0.39, 0.29) is 0 Å². The summed E-state index contributed by atoms with van der Waals surface area (Å²) < 4.78 is 1.04. The molecule has 1 atom stereocenters. The number of aliphatic imine (C=N–C) groups is 2. The summed E-state index contributed by atoms with van der Waals surface area (Å²) in [6.45, 7) is 2.05. The van der Waals surface area contributed by atoms with Gasteiger partial charge in [0.15, 0.2) is 5.66 Å². The Morgan fingerprint density at radius 2 is 1.19 bits per heavy atom. The van der Waals surface area contributed by atoms with Crippen LogP contribution in [0.15, 0.2) is 99.4 Å². The Balaban J connectivity index is 1.84. The molecule has 1 aliphatic heterocycles. The lowest BCUT2D eigenvalue weighted by Gasteiger charge is -2.30. The molecule has 0 saturated carbocycles. The van der Waals surface area contributed by atoms with Gasteiger partial charge < -0.3 is 5.32 Å². The topological polar surface area (TPSA) is 36.8 Å². The van der Waals surface area contributed by atoms with Gasteiger partial charge in [-0.25, -0.2) is 9.98 Å². The van der Waals surface area contributed by atoms with Crippen LogP contribution >= 0.6 is 15.9 Å². The fourth-order valence-electron chi connectivity index (χ4n) is 2.99. The van der Waals surface area contributed by atoms with Crippen molar-refractivity contribution in [3.63, 3.8) is 0 Å². The van der Waals surface area contributed by atoms with Crippen LogP contribution in [0.2, 0.25) is 0 Å². The van der Waals surface area contributed by atoms with Gasteiger partial charge in [-0.3, -0.25) is 0 Å². The molecule has 0 aromatic heterocycles. The van der Waals surface area contributed by atoms with Gasteiger partial charge in [0.25, 0.3) is 0 Å². The minimum Gasteiger partial charge on any atom is -0.324 e. The molecular formula is C22H18BrN3. The summed E-state index contributed by atoms with van der Waals surface area (Å²) in [5.74, 6) is 1.64. The molecule has 3 aromatic carbocycles. The number of benzene rings is 3. The summed E-state index contributed by atoms with van der Waals surface area (Å²) in [7, 11) is 0. The lowest BCUT2D eigenvalue weighted by molar-refractivity contribution is 0.518. The molecule has 4 heteroatoms. The molecule has 128 valence electrons. The second-order valence-corrected chi connectivity index (χ2v) is 7.22. The number of nitrogens with one attached hydrogen (secondary N) is 1. The van der Waals surface area contributed by atoms with E-state index in [4.69, 9.17) is 9.98 Å². The van der Waals surface area contributed by atoms with E-state index in [0.717, 1.165) is 32.8 Å². The zero-order valence-corrected chi connectivity index (χ0v) is 15.9. The van der Waals surface area contributed by atoms with Crippen LogP contribution in [0, 0.1) is 0 Å². The van der Waals surface area contributed by atoms with Gasteiger partial charge in [-0.1, -0.05) is 88.7 Å². The predicted molar refractivity (Wildman–Crippen MR) is 111 cm³/mol. The van der Waals surface area contributed by atoms with Crippen molar-refractivity contribution in [3.05, 3.63) is 106 Å². The Hall–Kier alpha value is -2.72. The fourth-order valence-corrected chi connectivity index (χ4v) is 3.25. The zero-order valence-electron chi connectivity index (χ0n) is 14.4. The van der Waals surface area contributed by atoms with Crippen molar-refractivity contribution in [2.45, 2.75) is 12.6 Å². The average Bonchev–Trinajstić information content (AvgIpc) is 2.69. The summed E-state index contributed by atoms with van der Waals surface area (Å²) in [5, 5.41) is 3.42. The molecule has 0 aliphatic carbocycles. The highest BCUT2D eigenvalue weighted by molar-refractivity contribution is 9.10. The molecule has 1 unspecified atom stereocenters. The van der Waals surface area contributed by atoms with Gasteiger partial charge in [0.1, 0.15) is 11.7 Å².